The zero-order valence-electron chi connectivity index (χ0n) is 9.97. The summed E-state index contributed by atoms with van der Waals surface area (Å²) >= 11 is 0. The number of alkyl halides is 3. The van der Waals surface area contributed by atoms with E-state index in [1.165, 1.54) is 12.1 Å². The van der Waals surface area contributed by atoms with Crippen molar-refractivity contribution in [2.24, 2.45) is 0 Å². The smallest absolute Gasteiger partial charge is 0.338 e. The zero-order valence-corrected chi connectivity index (χ0v) is 9.97. The van der Waals surface area contributed by atoms with Gasteiger partial charge in [0.25, 0.3) is 0 Å². The van der Waals surface area contributed by atoms with Gasteiger partial charge >= 0.3 is 12.2 Å². The first-order valence-corrected chi connectivity index (χ1v) is 5.61. The second kappa shape index (κ2) is 6.28. The number of rotatable bonds is 4. The van der Waals surface area contributed by atoms with Crippen LogP contribution in [0.15, 0.2) is 24.3 Å². The van der Waals surface area contributed by atoms with Gasteiger partial charge in [0.2, 0.25) is 0 Å². The molecule has 1 aromatic carbocycles. The molecule has 1 aromatic rings. The lowest BCUT2D eigenvalue weighted by atomic mass is 10.1. The third kappa shape index (κ3) is 4.65. The maximum absolute atomic E-state index is 12.3. The van der Waals surface area contributed by atoms with Crippen molar-refractivity contribution in [3.63, 3.8) is 0 Å². The molecule has 0 aromatic heterocycles. The fourth-order valence-corrected chi connectivity index (χ4v) is 1.40. The summed E-state index contributed by atoms with van der Waals surface area (Å²) in [6, 6.07) is 4.65. The molecule has 0 aliphatic carbocycles. The maximum atomic E-state index is 12.3. The van der Waals surface area contributed by atoms with E-state index in [-0.39, 0.29) is 6.03 Å². The molecule has 2 N–H and O–H groups in total. The van der Waals surface area contributed by atoms with Gasteiger partial charge in [-0.25, -0.2) is 4.79 Å². The van der Waals surface area contributed by atoms with Gasteiger partial charge in [-0.15, -0.1) is 0 Å². The molecular formula is C12H15F3N2O. The molecule has 0 unspecified atom stereocenters. The van der Waals surface area contributed by atoms with E-state index in [1.54, 1.807) is 6.92 Å². The molecule has 0 saturated carbocycles. The molecule has 18 heavy (non-hydrogen) atoms. The van der Waals surface area contributed by atoms with Crippen molar-refractivity contribution in [2.45, 2.75) is 19.5 Å². The van der Waals surface area contributed by atoms with Crippen molar-refractivity contribution in [1.82, 2.24) is 10.6 Å². The average Bonchev–Trinajstić information content (AvgIpc) is 2.29. The van der Waals surface area contributed by atoms with Crippen molar-refractivity contribution in [1.29, 1.82) is 0 Å². The van der Waals surface area contributed by atoms with E-state index in [2.05, 4.69) is 10.6 Å². The van der Waals surface area contributed by atoms with Crippen molar-refractivity contribution >= 4 is 6.03 Å². The average molecular weight is 260 g/mol. The van der Waals surface area contributed by atoms with E-state index in [1.807, 2.05) is 0 Å². The first-order chi connectivity index (χ1) is 8.43. The van der Waals surface area contributed by atoms with Crippen molar-refractivity contribution < 1.29 is 18.0 Å². The van der Waals surface area contributed by atoms with Crippen LogP contribution in [0.1, 0.15) is 18.1 Å². The summed E-state index contributed by atoms with van der Waals surface area (Å²) in [4.78, 5) is 11.0. The van der Waals surface area contributed by atoms with Gasteiger partial charge in [-0.2, -0.15) is 13.2 Å². The van der Waals surface area contributed by atoms with Crippen molar-refractivity contribution in [3.05, 3.63) is 35.4 Å². The van der Waals surface area contributed by atoms with Crippen LogP contribution >= 0.6 is 0 Å². The van der Waals surface area contributed by atoms with E-state index in [0.717, 1.165) is 17.7 Å². The van der Waals surface area contributed by atoms with Crippen molar-refractivity contribution in [2.75, 3.05) is 13.1 Å². The summed E-state index contributed by atoms with van der Waals surface area (Å²) in [7, 11) is 0. The van der Waals surface area contributed by atoms with Crippen LogP contribution in [0.5, 0.6) is 0 Å². The summed E-state index contributed by atoms with van der Waals surface area (Å²) < 4.78 is 36.9. The highest BCUT2D eigenvalue weighted by atomic mass is 19.4. The lowest BCUT2D eigenvalue weighted by Crippen LogP contribution is -2.36. The Hall–Kier alpha value is -1.72. The van der Waals surface area contributed by atoms with Gasteiger partial charge in [0.1, 0.15) is 0 Å². The van der Waals surface area contributed by atoms with Gasteiger partial charge in [-0.05, 0) is 31.0 Å². The van der Waals surface area contributed by atoms with Crippen LogP contribution < -0.4 is 10.6 Å². The predicted molar refractivity (Wildman–Crippen MR) is 62.2 cm³/mol. The van der Waals surface area contributed by atoms with Gasteiger partial charge in [0.05, 0.1) is 5.56 Å². The van der Waals surface area contributed by atoms with Gasteiger partial charge in [-0.3, -0.25) is 0 Å². The van der Waals surface area contributed by atoms with Crippen LogP contribution in [-0.4, -0.2) is 19.1 Å². The molecule has 0 heterocycles. The molecule has 100 valence electrons. The minimum atomic E-state index is -4.31. The van der Waals surface area contributed by atoms with Crippen LogP contribution in [0, 0.1) is 0 Å². The number of amides is 2. The summed E-state index contributed by atoms with van der Waals surface area (Å²) in [5.41, 5.74) is 0.0859. The Morgan fingerprint density at radius 1 is 1.17 bits per heavy atom. The number of nitrogens with one attached hydrogen (secondary N) is 2. The third-order valence-electron chi connectivity index (χ3n) is 2.32. The molecule has 0 spiro atoms. The highest BCUT2D eigenvalue weighted by Gasteiger charge is 2.29. The quantitative estimate of drug-likeness (QED) is 0.858. The second-order valence-electron chi connectivity index (χ2n) is 3.73. The van der Waals surface area contributed by atoms with Crippen LogP contribution in [-0.2, 0) is 12.6 Å². The zero-order chi connectivity index (χ0) is 13.6. The summed E-state index contributed by atoms with van der Waals surface area (Å²) in [5, 5.41) is 5.17. The molecule has 0 saturated heterocycles. The predicted octanol–water partition coefficient (Wildman–Crippen LogP) is 2.57. The molecule has 0 aliphatic rings. The van der Waals surface area contributed by atoms with Gasteiger partial charge in [-0.1, -0.05) is 12.1 Å². The van der Waals surface area contributed by atoms with Crippen LogP contribution in [0.25, 0.3) is 0 Å². The number of carbonyl (C=O) groups excluding carboxylic acids is 1. The molecule has 0 aliphatic heterocycles. The lowest BCUT2D eigenvalue weighted by molar-refractivity contribution is -0.137. The molecule has 0 fully saturated rings. The minimum Gasteiger partial charge on any atom is -0.338 e. The molecule has 2 amide bonds. The lowest BCUT2D eigenvalue weighted by Gasteiger charge is -2.08. The molecule has 0 atom stereocenters. The Balaban J connectivity index is 2.42. The molecule has 1 rings (SSSR count). The van der Waals surface area contributed by atoms with E-state index in [9.17, 15) is 18.0 Å². The SMILES string of the molecule is CCNC(=O)NCCc1ccc(C(F)(F)F)cc1. The third-order valence-corrected chi connectivity index (χ3v) is 2.32. The number of halogens is 3. The Morgan fingerprint density at radius 2 is 1.78 bits per heavy atom. The van der Waals surface area contributed by atoms with E-state index in [0.29, 0.717) is 19.5 Å². The summed E-state index contributed by atoms with van der Waals surface area (Å²) in [6.07, 6.45) is -3.81. The summed E-state index contributed by atoms with van der Waals surface area (Å²) in [6.45, 7) is 2.72. The van der Waals surface area contributed by atoms with Gasteiger partial charge in [0.15, 0.2) is 0 Å². The van der Waals surface area contributed by atoms with E-state index in [4.69, 9.17) is 0 Å². The number of benzene rings is 1. The number of hydrogen-bond acceptors (Lipinski definition) is 1. The Morgan fingerprint density at radius 3 is 2.28 bits per heavy atom. The van der Waals surface area contributed by atoms with Gasteiger partial charge in [0, 0.05) is 13.1 Å². The summed E-state index contributed by atoms with van der Waals surface area (Å²) in [5.74, 6) is 0. The monoisotopic (exact) mass is 260 g/mol. The first kappa shape index (κ1) is 14.3. The standard InChI is InChI=1S/C12H15F3N2O/c1-2-16-11(18)17-8-7-9-3-5-10(6-4-9)12(13,14)15/h3-6H,2,7-8H2,1H3,(H2,16,17,18). The minimum absolute atomic E-state index is 0.274. The number of hydrogen-bond donors (Lipinski definition) is 2. The largest absolute Gasteiger partial charge is 0.416 e. The fraction of sp³-hybridized carbons (Fsp3) is 0.417. The molecule has 3 nitrogen and oxygen atoms in total. The van der Waals surface area contributed by atoms with Crippen LogP contribution in [0.3, 0.4) is 0 Å². The number of urea groups is 1. The molecule has 0 bridgehead atoms. The molecular weight excluding hydrogens is 245 g/mol. The second-order valence-corrected chi connectivity index (χ2v) is 3.73. The highest BCUT2D eigenvalue weighted by molar-refractivity contribution is 5.73. The van der Waals surface area contributed by atoms with Crippen LogP contribution in [0.2, 0.25) is 0 Å². The molecule has 6 heteroatoms. The topological polar surface area (TPSA) is 41.1 Å². The Labute approximate surface area is 103 Å². The Bertz CT molecular complexity index is 387. The van der Waals surface area contributed by atoms with Crippen LogP contribution in [0.4, 0.5) is 18.0 Å². The van der Waals surface area contributed by atoms with E-state index >= 15 is 0 Å². The first-order valence-electron chi connectivity index (χ1n) is 5.61. The maximum Gasteiger partial charge on any atom is 0.416 e. The van der Waals surface area contributed by atoms with E-state index < -0.39 is 11.7 Å². The number of carbonyl (C=O) groups is 1. The van der Waals surface area contributed by atoms with Gasteiger partial charge < -0.3 is 10.6 Å². The van der Waals surface area contributed by atoms with Crippen molar-refractivity contribution in [3.8, 4) is 0 Å². The fourth-order valence-electron chi connectivity index (χ4n) is 1.40. The normalized spacial score (nSPS) is 11.1. The molecule has 0 radical (unpaired) electrons. The highest BCUT2D eigenvalue weighted by Crippen LogP contribution is 2.29. The Kier molecular flexibility index (Phi) is 5.00.